The molecule has 1 aromatic heterocycles. The smallest absolute Gasteiger partial charge is 0.155 e. The average molecular weight is 324 g/mol. The van der Waals surface area contributed by atoms with Crippen LogP contribution >= 0.6 is 27.5 Å². The quantitative estimate of drug-likeness (QED) is 0.826. The van der Waals surface area contributed by atoms with Crippen LogP contribution in [0.4, 0.5) is 17.2 Å². The summed E-state index contributed by atoms with van der Waals surface area (Å²) < 4.78 is 0.704. The van der Waals surface area contributed by atoms with E-state index in [9.17, 15) is 0 Å². The molecule has 18 heavy (non-hydrogen) atoms. The van der Waals surface area contributed by atoms with Gasteiger partial charge in [-0.05, 0) is 46.3 Å². The minimum Gasteiger partial charge on any atom is -0.396 e. The van der Waals surface area contributed by atoms with E-state index in [2.05, 4.69) is 32.3 Å². The van der Waals surface area contributed by atoms with E-state index < -0.39 is 0 Å². The van der Waals surface area contributed by atoms with Crippen molar-refractivity contribution in [1.82, 2.24) is 4.98 Å². The van der Waals surface area contributed by atoms with Gasteiger partial charge in [-0.1, -0.05) is 11.6 Å². The molecule has 1 aromatic carbocycles. The number of pyridine rings is 1. The molecule has 0 amide bonds. The van der Waals surface area contributed by atoms with Gasteiger partial charge < -0.3 is 11.1 Å². The highest BCUT2D eigenvalue weighted by molar-refractivity contribution is 9.10. The van der Waals surface area contributed by atoms with Crippen molar-refractivity contribution in [3.63, 3.8) is 0 Å². The maximum Gasteiger partial charge on any atom is 0.155 e. The minimum absolute atomic E-state index is 0.361. The summed E-state index contributed by atoms with van der Waals surface area (Å²) in [6, 6.07) is 10.6. The fourth-order valence-electron chi connectivity index (χ4n) is 1.37. The van der Waals surface area contributed by atoms with Crippen LogP contribution in [0.5, 0.6) is 0 Å². The molecule has 0 atom stereocenters. The van der Waals surface area contributed by atoms with Crippen LogP contribution < -0.4 is 11.1 Å². The normalized spacial score (nSPS) is 9.83. The highest BCUT2D eigenvalue weighted by Gasteiger charge is 2.05. The molecule has 2 rings (SSSR count). The van der Waals surface area contributed by atoms with E-state index >= 15 is 0 Å². The van der Waals surface area contributed by atoms with Crippen LogP contribution in [-0.2, 0) is 0 Å². The van der Waals surface area contributed by atoms with Crippen LogP contribution in [-0.4, -0.2) is 4.98 Å². The van der Waals surface area contributed by atoms with Crippen molar-refractivity contribution in [3.8, 4) is 6.07 Å². The van der Waals surface area contributed by atoms with Gasteiger partial charge in [0, 0.05) is 10.2 Å². The van der Waals surface area contributed by atoms with Gasteiger partial charge >= 0.3 is 0 Å². The molecule has 0 unspecified atom stereocenters. The van der Waals surface area contributed by atoms with Gasteiger partial charge in [-0.2, -0.15) is 5.26 Å². The van der Waals surface area contributed by atoms with E-state index in [1.807, 2.05) is 0 Å². The third-order valence-electron chi connectivity index (χ3n) is 2.24. The van der Waals surface area contributed by atoms with Crippen LogP contribution in [0.2, 0.25) is 5.15 Å². The molecule has 0 spiro atoms. The fraction of sp³-hybridized carbons (Fsp3) is 0. The Morgan fingerprint density at radius 1 is 1.33 bits per heavy atom. The molecule has 0 saturated heterocycles. The summed E-state index contributed by atoms with van der Waals surface area (Å²) in [5, 5.41) is 12.2. The number of nitrogens with zero attached hydrogens (tertiary/aromatic N) is 2. The van der Waals surface area contributed by atoms with E-state index in [0.717, 1.165) is 5.69 Å². The van der Waals surface area contributed by atoms with Crippen molar-refractivity contribution in [2.75, 3.05) is 11.1 Å². The number of anilines is 3. The van der Waals surface area contributed by atoms with Gasteiger partial charge in [-0.3, -0.25) is 0 Å². The first-order valence-electron chi connectivity index (χ1n) is 4.99. The van der Waals surface area contributed by atoms with Crippen molar-refractivity contribution in [3.05, 3.63) is 45.5 Å². The van der Waals surface area contributed by atoms with Gasteiger partial charge in [0.05, 0.1) is 11.3 Å². The zero-order valence-corrected chi connectivity index (χ0v) is 11.5. The number of nitrogen functional groups attached to an aromatic ring is 1. The lowest BCUT2D eigenvalue weighted by Crippen LogP contribution is -1.99. The Kier molecular flexibility index (Phi) is 3.70. The number of nitrogens with one attached hydrogen (secondary N) is 1. The monoisotopic (exact) mass is 322 g/mol. The Labute approximate surface area is 118 Å². The Balaban J connectivity index is 2.32. The van der Waals surface area contributed by atoms with Gasteiger partial charge in [0.15, 0.2) is 5.82 Å². The Morgan fingerprint density at radius 2 is 2.11 bits per heavy atom. The molecule has 0 aliphatic rings. The van der Waals surface area contributed by atoms with Gasteiger partial charge in [0.1, 0.15) is 11.2 Å². The molecule has 0 fully saturated rings. The number of aromatic nitrogens is 1. The predicted octanol–water partition coefficient (Wildman–Crippen LogP) is 3.69. The number of benzene rings is 1. The van der Waals surface area contributed by atoms with Gasteiger partial charge in [0.2, 0.25) is 0 Å². The Morgan fingerprint density at radius 3 is 2.78 bits per heavy atom. The summed E-state index contributed by atoms with van der Waals surface area (Å²) in [6.07, 6.45) is 0. The second-order valence-electron chi connectivity index (χ2n) is 3.50. The maximum absolute atomic E-state index is 8.83. The summed E-state index contributed by atoms with van der Waals surface area (Å²) in [5.74, 6) is 0.485. The molecule has 2 aromatic rings. The lowest BCUT2D eigenvalue weighted by atomic mass is 10.2. The van der Waals surface area contributed by atoms with E-state index in [4.69, 9.17) is 22.6 Å². The summed E-state index contributed by atoms with van der Waals surface area (Å²) >= 11 is 9.12. The topological polar surface area (TPSA) is 74.7 Å². The third-order valence-corrected chi connectivity index (χ3v) is 3.11. The van der Waals surface area contributed by atoms with Crippen molar-refractivity contribution in [2.24, 2.45) is 0 Å². The van der Waals surface area contributed by atoms with Crippen LogP contribution in [0.1, 0.15) is 5.56 Å². The van der Waals surface area contributed by atoms with Crippen LogP contribution in [0, 0.1) is 11.3 Å². The van der Waals surface area contributed by atoms with Crippen LogP contribution in [0.25, 0.3) is 0 Å². The highest BCUT2D eigenvalue weighted by atomic mass is 79.9. The highest BCUT2D eigenvalue weighted by Crippen LogP contribution is 2.26. The molecule has 4 nitrogen and oxygen atoms in total. The van der Waals surface area contributed by atoms with Crippen LogP contribution in [0.15, 0.2) is 34.8 Å². The van der Waals surface area contributed by atoms with Crippen LogP contribution in [0.3, 0.4) is 0 Å². The summed E-state index contributed by atoms with van der Waals surface area (Å²) in [7, 11) is 0. The van der Waals surface area contributed by atoms with Gasteiger partial charge in [0.25, 0.3) is 0 Å². The van der Waals surface area contributed by atoms with E-state index in [-0.39, 0.29) is 0 Å². The Hall–Kier alpha value is -1.77. The first-order valence-corrected chi connectivity index (χ1v) is 6.16. The molecule has 0 bridgehead atoms. The number of hydrogen-bond donors (Lipinski definition) is 2. The SMILES string of the molecule is N#Cc1ccc(Nc2nc(Cl)ccc2N)cc1Br. The van der Waals surface area contributed by atoms with Crippen molar-refractivity contribution in [1.29, 1.82) is 5.26 Å². The standard InChI is InChI=1S/C12H8BrClN4/c13-9-5-8(2-1-7(9)6-15)17-12-10(16)3-4-11(14)18-12/h1-5H,16H2,(H,17,18). The van der Waals surface area contributed by atoms with E-state index in [0.29, 0.717) is 26.7 Å². The summed E-state index contributed by atoms with van der Waals surface area (Å²) in [4.78, 5) is 4.09. The largest absolute Gasteiger partial charge is 0.396 e. The number of nitriles is 1. The number of halogens is 2. The van der Waals surface area contributed by atoms with Crippen molar-refractivity contribution >= 4 is 44.7 Å². The number of rotatable bonds is 2. The van der Waals surface area contributed by atoms with Gasteiger partial charge in [-0.15, -0.1) is 0 Å². The number of nitrogens with two attached hydrogens (primary N) is 1. The molecule has 90 valence electrons. The molecule has 0 saturated carbocycles. The fourth-order valence-corrected chi connectivity index (χ4v) is 1.98. The lowest BCUT2D eigenvalue weighted by molar-refractivity contribution is 1.31. The molecular formula is C12H8BrClN4. The first kappa shape index (κ1) is 12.7. The minimum atomic E-state index is 0.361. The third kappa shape index (κ3) is 2.73. The molecule has 1 heterocycles. The molecular weight excluding hydrogens is 316 g/mol. The number of hydrogen-bond acceptors (Lipinski definition) is 4. The maximum atomic E-state index is 8.83. The molecule has 3 N–H and O–H groups in total. The summed E-state index contributed by atoms with van der Waals surface area (Å²) in [6.45, 7) is 0. The molecule has 0 aliphatic heterocycles. The first-order chi connectivity index (χ1) is 8.60. The Bertz CT molecular complexity index is 636. The molecule has 0 radical (unpaired) electrons. The summed E-state index contributed by atoms with van der Waals surface area (Å²) in [5.41, 5.74) is 7.61. The lowest BCUT2D eigenvalue weighted by Gasteiger charge is -2.09. The van der Waals surface area contributed by atoms with E-state index in [1.54, 1.807) is 30.3 Å². The van der Waals surface area contributed by atoms with Crippen molar-refractivity contribution in [2.45, 2.75) is 0 Å². The van der Waals surface area contributed by atoms with Crippen molar-refractivity contribution < 1.29 is 0 Å². The second-order valence-corrected chi connectivity index (χ2v) is 4.74. The average Bonchev–Trinajstić information content (AvgIpc) is 2.34. The van der Waals surface area contributed by atoms with Gasteiger partial charge in [-0.25, -0.2) is 4.98 Å². The zero-order chi connectivity index (χ0) is 13.1. The predicted molar refractivity (Wildman–Crippen MR) is 75.8 cm³/mol. The molecule has 0 aliphatic carbocycles. The molecule has 6 heteroatoms. The second kappa shape index (κ2) is 5.25. The van der Waals surface area contributed by atoms with E-state index in [1.165, 1.54) is 0 Å². The zero-order valence-electron chi connectivity index (χ0n) is 9.11.